The van der Waals surface area contributed by atoms with Gasteiger partial charge in [-0.1, -0.05) is 18.2 Å². The lowest BCUT2D eigenvalue weighted by molar-refractivity contribution is -0.145. The number of esters is 1. The molecule has 146 valence electrons. The van der Waals surface area contributed by atoms with Crippen molar-refractivity contribution in [3.8, 4) is 0 Å². The number of anilines is 1. The smallest absolute Gasteiger partial charge is 0.328 e. The third-order valence-electron chi connectivity index (χ3n) is 4.24. The van der Waals surface area contributed by atoms with Gasteiger partial charge in [0.2, 0.25) is 17.7 Å². The van der Waals surface area contributed by atoms with Gasteiger partial charge in [-0.15, -0.1) is 0 Å². The predicted octanol–water partition coefficient (Wildman–Crippen LogP) is 0.979. The second kappa shape index (κ2) is 10.3. The lowest BCUT2D eigenvalue weighted by Crippen LogP contribution is -2.34. The van der Waals surface area contributed by atoms with Crippen LogP contribution in [0.3, 0.4) is 0 Å². The van der Waals surface area contributed by atoms with E-state index < -0.39 is 12.0 Å². The maximum atomic E-state index is 11.9. The van der Waals surface area contributed by atoms with Gasteiger partial charge in [0, 0.05) is 18.0 Å². The Morgan fingerprint density at radius 1 is 1.19 bits per heavy atom. The van der Waals surface area contributed by atoms with Crippen molar-refractivity contribution in [3.63, 3.8) is 0 Å². The van der Waals surface area contributed by atoms with Crippen LogP contribution in [0.2, 0.25) is 0 Å². The average Bonchev–Trinajstić information content (AvgIpc) is 3.02. The number of nitrogens with one attached hydrogen (secondary N) is 3. The highest BCUT2D eigenvalue weighted by atomic mass is 16.5. The predicted molar refractivity (Wildman–Crippen MR) is 98.6 cm³/mol. The second-order valence-electron chi connectivity index (χ2n) is 6.33. The van der Waals surface area contributed by atoms with Crippen molar-refractivity contribution in [2.45, 2.75) is 38.6 Å². The number of amides is 3. The summed E-state index contributed by atoms with van der Waals surface area (Å²) in [7, 11) is 0. The summed E-state index contributed by atoms with van der Waals surface area (Å²) in [5, 5.41) is 7.86. The highest BCUT2D eigenvalue weighted by molar-refractivity contribution is 5.94. The molecule has 3 N–H and O–H groups in total. The molecule has 0 spiro atoms. The van der Waals surface area contributed by atoms with Gasteiger partial charge in [0.1, 0.15) is 6.04 Å². The van der Waals surface area contributed by atoms with Crippen LogP contribution < -0.4 is 16.0 Å². The molecular formula is C19H25N3O5. The molecule has 2 atom stereocenters. The van der Waals surface area contributed by atoms with E-state index in [1.54, 1.807) is 31.2 Å². The minimum absolute atomic E-state index is 0.109. The van der Waals surface area contributed by atoms with Gasteiger partial charge in [0.15, 0.2) is 0 Å². The lowest BCUT2D eigenvalue weighted by Gasteiger charge is -2.09. The van der Waals surface area contributed by atoms with Crippen LogP contribution in [-0.4, -0.2) is 42.9 Å². The Morgan fingerprint density at radius 2 is 1.93 bits per heavy atom. The molecule has 1 aromatic rings. The Bertz CT molecular complexity index is 677. The number of carbonyl (C=O) groups is 4. The molecule has 1 saturated heterocycles. The number of carbonyl (C=O) groups excluding carboxylic acids is 4. The largest absolute Gasteiger partial charge is 0.464 e. The molecular weight excluding hydrogens is 350 g/mol. The van der Waals surface area contributed by atoms with Crippen LogP contribution in [0.25, 0.3) is 0 Å². The van der Waals surface area contributed by atoms with E-state index in [1.807, 2.05) is 6.07 Å². The molecule has 0 aromatic heterocycles. The highest BCUT2D eigenvalue weighted by Crippen LogP contribution is 2.22. The van der Waals surface area contributed by atoms with Crippen molar-refractivity contribution < 1.29 is 23.9 Å². The molecule has 1 aliphatic rings. The summed E-state index contributed by atoms with van der Waals surface area (Å²) < 4.78 is 4.91. The van der Waals surface area contributed by atoms with E-state index in [1.165, 1.54) is 0 Å². The minimum Gasteiger partial charge on any atom is -0.464 e. The van der Waals surface area contributed by atoms with Crippen LogP contribution in [0.1, 0.15) is 32.6 Å². The zero-order valence-corrected chi connectivity index (χ0v) is 15.3. The van der Waals surface area contributed by atoms with Crippen LogP contribution in [0.15, 0.2) is 30.3 Å². The maximum Gasteiger partial charge on any atom is 0.328 e. The van der Waals surface area contributed by atoms with E-state index in [0.29, 0.717) is 24.9 Å². The van der Waals surface area contributed by atoms with Crippen molar-refractivity contribution >= 4 is 29.4 Å². The van der Waals surface area contributed by atoms with Crippen molar-refractivity contribution in [2.75, 3.05) is 18.5 Å². The summed E-state index contributed by atoms with van der Waals surface area (Å²) >= 11 is 0. The Hall–Kier alpha value is -2.90. The second-order valence-corrected chi connectivity index (χ2v) is 6.33. The van der Waals surface area contributed by atoms with Gasteiger partial charge in [0.05, 0.1) is 13.2 Å². The maximum absolute atomic E-state index is 11.9. The molecule has 1 aliphatic heterocycles. The molecule has 0 bridgehead atoms. The van der Waals surface area contributed by atoms with Gasteiger partial charge in [-0.05, 0) is 38.3 Å². The lowest BCUT2D eigenvalue weighted by atomic mass is 9.98. The van der Waals surface area contributed by atoms with E-state index in [-0.39, 0.29) is 43.2 Å². The van der Waals surface area contributed by atoms with Gasteiger partial charge in [0.25, 0.3) is 0 Å². The quantitative estimate of drug-likeness (QED) is 0.557. The Labute approximate surface area is 158 Å². The zero-order chi connectivity index (χ0) is 19.6. The summed E-state index contributed by atoms with van der Waals surface area (Å²) in [6.45, 7) is 1.88. The first-order valence-corrected chi connectivity index (χ1v) is 9.08. The number of ether oxygens (including phenoxy) is 1. The molecule has 1 heterocycles. The molecule has 3 amide bonds. The molecule has 8 heteroatoms. The van der Waals surface area contributed by atoms with Crippen LogP contribution in [0.4, 0.5) is 5.69 Å². The standard InChI is InChI=1S/C19H25N3O5/c1-2-27-19(26)15-11-13(18(25)22-15)7-6-10-16(23)20-12-17(24)21-14-8-4-3-5-9-14/h3-5,8-9,13,15H,2,6-7,10-12H2,1H3,(H,20,23)(H,21,24)(H,22,25)/t13-,15?/m1/s1. The highest BCUT2D eigenvalue weighted by Gasteiger charge is 2.36. The van der Waals surface area contributed by atoms with Crippen LogP contribution >= 0.6 is 0 Å². The summed E-state index contributed by atoms with van der Waals surface area (Å²) in [5.41, 5.74) is 0.667. The van der Waals surface area contributed by atoms with Crippen LogP contribution in [0, 0.1) is 5.92 Å². The first-order valence-electron chi connectivity index (χ1n) is 9.08. The van der Waals surface area contributed by atoms with Gasteiger partial charge in [-0.25, -0.2) is 4.79 Å². The number of benzene rings is 1. The first-order chi connectivity index (χ1) is 13.0. The zero-order valence-electron chi connectivity index (χ0n) is 15.3. The Kier molecular flexibility index (Phi) is 7.79. The molecule has 8 nitrogen and oxygen atoms in total. The first kappa shape index (κ1) is 20.4. The fourth-order valence-electron chi connectivity index (χ4n) is 2.89. The van der Waals surface area contributed by atoms with Crippen molar-refractivity contribution in [2.24, 2.45) is 5.92 Å². The average molecular weight is 375 g/mol. The van der Waals surface area contributed by atoms with E-state index in [9.17, 15) is 19.2 Å². The summed E-state index contributed by atoms with van der Waals surface area (Å²) in [6, 6.07) is 8.38. The molecule has 1 unspecified atom stereocenters. The summed E-state index contributed by atoms with van der Waals surface area (Å²) in [4.78, 5) is 47.2. The monoisotopic (exact) mass is 375 g/mol. The molecule has 0 aliphatic carbocycles. The van der Waals surface area contributed by atoms with Gasteiger partial charge in [-0.3, -0.25) is 14.4 Å². The molecule has 0 radical (unpaired) electrons. The number of para-hydroxylation sites is 1. The number of hydrogen-bond donors (Lipinski definition) is 3. The normalized spacial score (nSPS) is 18.5. The van der Waals surface area contributed by atoms with E-state index >= 15 is 0 Å². The Morgan fingerprint density at radius 3 is 2.63 bits per heavy atom. The molecule has 1 aromatic carbocycles. The number of hydrogen-bond acceptors (Lipinski definition) is 5. The van der Waals surface area contributed by atoms with Crippen molar-refractivity contribution in [1.82, 2.24) is 10.6 Å². The molecule has 0 saturated carbocycles. The fraction of sp³-hybridized carbons (Fsp3) is 0.474. The van der Waals surface area contributed by atoms with Crippen molar-refractivity contribution in [1.29, 1.82) is 0 Å². The Balaban J connectivity index is 1.62. The fourth-order valence-corrected chi connectivity index (χ4v) is 2.89. The summed E-state index contributed by atoms with van der Waals surface area (Å²) in [6.07, 6.45) is 1.61. The van der Waals surface area contributed by atoms with E-state index in [2.05, 4.69) is 16.0 Å². The van der Waals surface area contributed by atoms with Crippen LogP contribution in [-0.2, 0) is 23.9 Å². The van der Waals surface area contributed by atoms with Gasteiger partial charge < -0.3 is 20.7 Å². The third-order valence-corrected chi connectivity index (χ3v) is 4.24. The van der Waals surface area contributed by atoms with E-state index in [0.717, 1.165) is 0 Å². The van der Waals surface area contributed by atoms with Crippen molar-refractivity contribution in [3.05, 3.63) is 30.3 Å². The topological polar surface area (TPSA) is 114 Å². The van der Waals surface area contributed by atoms with Crippen LogP contribution in [0.5, 0.6) is 0 Å². The minimum atomic E-state index is -0.599. The number of rotatable bonds is 9. The molecule has 2 rings (SSSR count). The summed E-state index contributed by atoms with van der Waals surface area (Å²) in [5.74, 6) is -1.46. The molecule has 27 heavy (non-hydrogen) atoms. The van der Waals surface area contributed by atoms with E-state index in [4.69, 9.17) is 4.74 Å². The SMILES string of the molecule is CCOC(=O)C1C[C@@H](CCCC(=O)NCC(=O)Nc2ccccc2)C(=O)N1. The third kappa shape index (κ3) is 6.73. The molecule has 1 fully saturated rings. The van der Waals surface area contributed by atoms with Gasteiger partial charge >= 0.3 is 5.97 Å². The van der Waals surface area contributed by atoms with Gasteiger partial charge in [-0.2, -0.15) is 0 Å².